The quantitative estimate of drug-likeness (QED) is 0.931. The normalized spacial score (nSPS) is 23.1. The van der Waals surface area contributed by atoms with Crippen molar-refractivity contribution in [3.63, 3.8) is 0 Å². The maximum absolute atomic E-state index is 13.1. The van der Waals surface area contributed by atoms with E-state index in [1.807, 2.05) is 19.0 Å². The Hall–Kier alpha value is -1.27. The average molecular weight is 301 g/mol. The van der Waals surface area contributed by atoms with Crippen molar-refractivity contribution in [1.29, 1.82) is 0 Å². The van der Waals surface area contributed by atoms with Gasteiger partial charge in [0.25, 0.3) is 0 Å². The molecule has 1 aliphatic heterocycles. The molecule has 0 amide bonds. The Morgan fingerprint density at radius 3 is 2.43 bits per heavy atom. The minimum absolute atomic E-state index is 0.105. The number of nitrogens with two attached hydrogens (primary N) is 1. The third kappa shape index (κ3) is 3.32. The predicted octanol–water partition coefficient (Wildman–Crippen LogP) is 2.55. The van der Waals surface area contributed by atoms with Crippen LogP contribution in [0.2, 0.25) is 0 Å². The lowest BCUT2D eigenvalue weighted by Gasteiger charge is -2.24. The van der Waals surface area contributed by atoms with Crippen molar-refractivity contribution < 1.29 is 13.2 Å². The van der Waals surface area contributed by atoms with E-state index in [1.165, 1.54) is 12.1 Å². The Balaban J connectivity index is 2.30. The molecular formula is C15H22F3N3. The summed E-state index contributed by atoms with van der Waals surface area (Å²) >= 11 is 0. The first-order valence-electron chi connectivity index (χ1n) is 7.05. The first-order chi connectivity index (χ1) is 9.74. The summed E-state index contributed by atoms with van der Waals surface area (Å²) in [6.45, 7) is 3.53. The van der Waals surface area contributed by atoms with Crippen LogP contribution in [0.3, 0.4) is 0 Å². The molecule has 1 aromatic rings. The Morgan fingerprint density at radius 2 is 1.95 bits per heavy atom. The van der Waals surface area contributed by atoms with E-state index in [1.54, 1.807) is 6.07 Å². The molecule has 1 heterocycles. The van der Waals surface area contributed by atoms with Gasteiger partial charge in [0.2, 0.25) is 0 Å². The summed E-state index contributed by atoms with van der Waals surface area (Å²) < 4.78 is 39.3. The number of rotatable bonds is 3. The zero-order chi connectivity index (χ0) is 15.8. The molecule has 3 nitrogen and oxygen atoms in total. The molecule has 6 heteroatoms. The summed E-state index contributed by atoms with van der Waals surface area (Å²) in [6, 6.07) is 4.81. The van der Waals surface area contributed by atoms with Crippen molar-refractivity contribution in [2.24, 2.45) is 11.7 Å². The molecule has 1 fully saturated rings. The van der Waals surface area contributed by atoms with E-state index in [2.05, 4.69) is 11.8 Å². The highest BCUT2D eigenvalue weighted by Gasteiger charge is 2.35. The average Bonchev–Trinajstić information content (AvgIpc) is 2.79. The van der Waals surface area contributed by atoms with Crippen LogP contribution < -0.4 is 10.6 Å². The SMILES string of the molecule is CC1CN(c2ccc(CN)c(C(F)(F)F)c2)CC1N(C)C. The zero-order valence-electron chi connectivity index (χ0n) is 12.6. The highest BCUT2D eigenvalue weighted by atomic mass is 19.4. The van der Waals surface area contributed by atoms with Gasteiger partial charge in [0.05, 0.1) is 5.56 Å². The molecule has 0 spiro atoms. The topological polar surface area (TPSA) is 32.5 Å². The Bertz CT molecular complexity index is 499. The molecule has 2 rings (SSSR count). The molecule has 2 atom stereocenters. The number of halogens is 3. The summed E-state index contributed by atoms with van der Waals surface area (Å²) in [7, 11) is 4.01. The van der Waals surface area contributed by atoms with Crippen LogP contribution in [0, 0.1) is 5.92 Å². The molecule has 21 heavy (non-hydrogen) atoms. The smallest absolute Gasteiger partial charge is 0.370 e. The van der Waals surface area contributed by atoms with Crippen molar-refractivity contribution in [2.75, 3.05) is 32.1 Å². The fraction of sp³-hybridized carbons (Fsp3) is 0.600. The number of hydrogen-bond donors (Lipinski definition) is 1. The third-order valence-electron chi connectivity index (χ3n) is 4.22. The minimum atomic E-state index is -4.36. The molecule has 2 unspecified atom stereocenters. The molecule has 0 radical (unpaired) electrons. The van der Waals surface area contributed by atoms with Crippen molar-refractivity contribution in [2.45, 2.75) is 25.7 Å². The van der Waals surface area contributed by atoms with Crippen molar-refractivity contribution >= 4 is 5.69 Å². The van der Waals surface area contributed by atoms with Crippen molar-refractivity contribution in [3.05, 3.63) is 29.3 Å². The van der Waals surface area contributed by atoms with Gasteiger partial charge < -0.3 is 15.5 Å². The van der Waals surface area contributed by atoms with E-state index in [4.69, 9.17) is 5.73 Å². The summed E-state index contributed by atoms with van der Waals surface area (Å²) in [4.78, 5) is 4.15. The summed E-state index contributed by atoms with van der Waals surface area (Å²) in [5.74, 6) is 0.420. The Labute approximate surface area is 123 Å². The first kappa shape index (κ1) is 16.1. The Kier molecular flexibility index (Phi) is 4.49. The lowest BCUT2D eigenvalue weighted by molar-refractivity contribution is -0.138. The van der Waals surface area contributed by atoms with Gasteiger partial charge in [-0.05, 0) is 37.7 Å². The summed E-state index contributed by atoms with van der Waals surface area (Å²) in [6.07, 6.45) is -4.36. The van der Waals surface area contributed by atoms with E-state index < -0.39 is 11.7 Å². The molecule has 0 bridgehead atoms. The van der Waals surface area contributed by atoms with Gasteiger partial charge in [-0.2, -0.15) is 13.2 Å². The van der Waals surface area contributed by atoms with Crippen LogP contribution in [-0.4, -0.2) is 38.1 Å². The van der Waals surface area contributed by atoms with Gasteiger partial charge in [0.1, 0.15) is 0 Å². The molecule has 2 N–H and O–H groups in total. The molecule has 0 aliphatic carbocycles. The maximum atomic E-state index is 13.1. The van der Waals surface area contributed by atoms with E-state index in [9.17, 15) is 13.2 Å². The second-order valence-corrected chi connectivity index (χ2v) is 5.96. The largest absolute Gasteiger partial charge is 0.416 e. The molecule has 1 aliphatic rings. The van der Waals surface area contributed by atoms with Crippen LogP contribution in [0.5, 0.6) is 0 Å². The van der Waals surface area contributed by atoms with Crippen LogP contribution in [-0.2, 0) is 12.7 Å². The molecule has 1 saturated heterocycles. The number of nitrogens with zero attached hydrogens (tertiary/aromatic N) is 2. The van der Waals surface area contributed by atoms with Crippen LogP contribution in [0.15, 0.2) is 18.2 Å². The molecule has 118 valence electrons. The molecule has 0 saturated carbocycles. The van der Waals surface area contributed by atoms with E-state index in [0.717, 1.165) is 13.1 Å². The highest BCUT2D eigenvalue weighted by molar-refractivity contribution is 5.53. The molecular weight excluding hydrogens is 279 g/mol. The second kappa shape index (κ2) is 5.85. The first-order valence-corrected chi connectivity index (χ1v) is 7.05. The van der Waals surface area contributed by atoms with Gasteiger partial charge in [0, 0.05) is 31.4 Å². The lowest BCUT2D eigenvalue weighted by Crippen LogP contribution is -2.34. The number of anilines is 1. The molecule has 1 aromatic carbocycles. The fourth-order valence-electron chi connectivity index (χ4n) is 3.04. The maximum Gasteiger partial charge on any atom is 0.416 e. The number of hydrogen-bond acceptors (Lipinski definition) is 3. The highest BCUT2D eigenvalue weighted by Crippen LogP contribution is 2.36. The lowest BCUT2D eigenvalue weighted by atomic mass is 10.1. The second-order valence-electron chi connectivity index (χ2n) is 5.96. The van der Waals surface area contributed by atoms with Crippen molar-refractivity contribution in [3.8, 4) is 0 Å². The van der Waals surface area contributed by atoms with Crippen molar-refractivity contribution in [1.82, 2.24) is 4.90 Å². The fourth-order valence-corrected chi connectivity index (χ4v) is 3.04. The molecule has 0 aromatic heterocycles. The number of alkyl halides is 3. The standard InChI is InChI=1S/C15H22F3N3/c1-10-8-21(9-14(10)20(2)3)12-5-4-11(7-19)13(6-12)15(16,17)18/h4-6,10,14H,7-9,19H2,1-3H3. The van der Waals surface area contributed by atoms with Gasteiger partial charge in [-0.3, -0.25) is 0 Å². The van der Waals surface area contributed by atoms with Crippen LogP contribution >= 0.6 is 0 Å². The van der Waals surface area contributed by atoms with Crippen LogP contribution in [0.4, 0.5) is 18.9 Å². The van der Waals surface area contributed by atoms with E-state index >= 15 is 0 Å². The Morgan fingerprint density at radius 1 is 1.29 bits per heavy atom. The monoisotopic (exact) mass is 301 g/mol. The third-order valence-corrected chi connectivity index (χ3v) is 4.22. The van der Waals surface area contributed by atoms with Gasteiger partial charge in [0.15, 0.2) is 0 Å². The zero-order valence-corrected chi connectivity index (χ0v) is 12.6. The van der Waals surface area contributed by atoms with E-state index in [-0.39, 0.29) is 12.1 Å². The van der Waals surface area contributed by atoms with E-state index in [0.29, 0.717) is 17.6 Å². The van der Waals surface area contributed by atoms with Crippen LogP contribution in [0.25, 0.3) is 0 Å². The number of likely N-dealkylation sites (N-methyl/N-ethyl adjacent to an activating group) is 1. The van der Waals surface area contributed by atoms with Gasteiger partial charge in [-0.15, -0.1) is 0 Å². The summed E-state index contributed by atoms with van der Waals surface area (Å²) in [5.41, 5.74) is 5.56. The minimum Gasteiger partial charge on any atom is -0.370 e. The van der Waals surface area contributed by atoms with Gasteiger partial charge in [-0.1, -0.05) is 13.0 Å². The summed E-state index contributed by atoms with van der Waals surface area (Å²) in [5, 5.41) is 0. The van der Waals surface area contributed by atoms with Gasteiger partial charge in [-0.25, -0.2) is 0 Å². The van der Waals surface area contributed by atoms with Crippen LogP contribution in [0.1, 0.15) is 18.1 Å². The van der Waals surface area contributed by atoms with Gasteiger partial charge >= 0.3 is 6.18 Å². The number of benzene rings is 1. The predicted molar refractivity (Wildman–Crippen MR) is 78.2 cm³/mol.